The summed E-state index contributed by atoms with van der Waals surface area (Å²) in [6.07, 6.45) is 9.18. The molecule has 4 heterocycles. The maximum absolute atomic E-state index is 14.5. The van der Waals surface area contributed by atoms with Gasteiger partial charge in [-0.1, -0.05) is 34.2 Å². The Morgan fingerprint density at radius 1 is 1.24 bits per heavy atom. The Labute approximate surface area is 220 Å². The molecule has 1 spiro atoms. The average molecular weight is 537 g/mol. The van der Waals surface area contributed by atoms with Crippen molar-refractivity contribution in [3.8, 4) is 11.4 Å². The maximum atomic E-state index is 14.5. The highest BCUT2D eigenvalue weighted by Gasteiger charge is 2.44. The van der Waals surface area contributed by atoms with Gasteiger partial charge in [0.25, 0.3) is 0 Å². The summed E-state index contributed by atoms with van der Waals surface area (Å²) in [7, 11) is 0. The number of benzene rings is 1. The average Bonchev–Trinajstić information content (AvgIpc) is 3.47. The number of hydrogen-bond donors (Lipinski definition) is 1. The third kappa shape index (κ3) is 3.83. The number of thiazole rings is 1. The van der Waals surface area contributed by atoms with Crippen molar-refractivity contribution >= 4 is 49.8 Å². The molecule has 1 aromatic carbocycles. The topological polar surface area (TPSA) is 92.3 Å². The Kier molecular flexibility index (Phi) is 5.17. The van der Waals surface area contributed by atoms with Crippen molar-refractivity contribution in [2.45, 2.75) is 38.0 Å². The molecule has 37 heavy (non-hydrogen) atoms. The molecule has 0 radical (unpaired) electrons. The monoisotopic (exact) mass is 536 g/mol. The van der Waals surface area contributed by atoms with Crippen LogP contribution in [0.15, 0.2) is 41.1 Å². The number of fused-ring (bicyclic) bond motifs is 1. The van der Waals surface area contributed by atoms with Crippen molar-refractivity contribution in [1.82, 2.24) is 15.1 Å². The van der Waals surface area contributed by atoms with E-state index in [4.69, 9.17) is 16.1 Å². The highest BCUT2D eigenvalue weighted by Crippen LogP contribution is 2.56. The fourth-order valence-electron chi connectivity index (χ4n) is 5.54. The molecule has 2 fully saturated rings. The van der Waals surface area contributed by atoms with Crippen LogP contribution in [0.25, 0.3) is 27.2 Å². The summed E-state index contributed by atoms with van der Waals surface area (Å²) >= 11 is 7.80. The summed E-state index contributed by atoms with van der Waals surface area (Å²) in [6.45, 7) is 1.60. The van der Waals surface area contributed by atoms with Gasteiger partial charge in [-0.05, 0) is 67.4 Å². The lowest BCUT2D eigenvalue weighted by Gasteiger charge is -2.46. The molecule has 7 nitrogen and oxygen atoms in total. The standard InChI is InChI=1S/C27H22ClFN4O3S/c28-17-2-1-7-30-21(17)23-20(24(36-32-23)14-3-4-14)16-12-27(13-16)5-8-33(9-6-27)26-31-22-18(29)10-15(25(34)35)11-19(22)37-26/h1-2,7,10-12,14H,3-6,8-9,13H2,(H,34,35). The number of allylic oxidation sites excluding steroid dienone is 2. The molecule has 0 bridgehead atoms. The number of anilines is 1. The quantitative estimate of drug-likeness (QED) is 0.300. The van der Waals surface area contributed by atoms with Gasteiger partial charge in [-0.15, -0.1) is 0 Å². The molecular weight excluding hydrogens is 515 g/mol. The van der Waals surface area contributed by atoms with Gasteiger partial charge in [0.1, 0.15) is 22.7 Å². The lowest BCUT2D eigenvalue weighted by Crippen LogP contribution is -2.42. The molecule has 1 saturated carbocycles. The van der Waals surface area contributed by atoms with Crippen LogP contribution in [0.3, 0.4) is 0 Å². The van der Waals surface area contributed by atoms with E-state index in [1.54, 1.807) is 6.20 Å². The number of aromatic carboxylic acids is 1. The number of rotatable bonds is 5. The first-order chi connectivity index (χ1) is 17.9. The second-order valence-corrected chi connectivity index (χ2v) is 11.6. The molecule has 3 aromatic heterocycles. The Morgan fingerprint density at radius 2 is 2.03 bits per heavy atom. The first-order valence-electron chi connectivity index (χ1n) is 12.3. The number of carboxylic acids is 1. The molecule has 4 aromatic rings. The van der Waals surface area contributed by atoms with Gasteiger partial charge < -0.3 is 14.5 Å². The molecule has 0 amide bonds. The van der Waals surface area contributed by atoms with Crippen LogP contribution < -0.4 is 4.90 Å². The Morgan fingerprint density at radius 3 is 2.73 bits per heavy atom. The number of halogens is 2. The maximum Gasteiger partial charge on any atom is 0.335 e. The van der Waals surface area contributed by atoms with E-state index in [2.05, 4.69) is 26.1 Å². The molecular formula is C27H22ClFN4O3S. The van der Waals surface area contributed by atoms with Gasteiger partial charge in [-0.2, -0.15) is 0 Å². The zero-order valence-electron chi connectivity index (χ0n) is 19.7. The zero-order valence-corrected chi connectivity index (χ0v) is 21.3. The second-order valence-electron chi connectivity index (χ2n) is 10.2. The minimum atomic E-state index is -1.14. The summed E-state index contributed by atoms with van der Waals surface area (Å²) in [6, 6.07) is 6.16. The second kappa shape index (κ2) is 8.36. The van der Waals surface area contributed by atoms with Gasteiger partial charge in [0.15, 0.2) is 10.9 Å². The lowest BCUT2D eigenvalue weighted by molar-refractivity contribution is 0.0696. The summed E-state index contributed by atoms with van der Waals surface area (Å²) in [4.78, 5) is 22.4. The van der Waals surface area contributed by atoms with Crippen LogP contribution in [0, 0.1) is 11.2 Å². The fourth-order valence-corrected chi connectivity index (χ4v) is 6.82. The van der Waals surface area contributed by atoms with Gasteiger partial charge in [0, 0.05) is 25.2 Å². The van der Waals surface area contributed by atoms with Crippen molar-refractivity contribution in [2.75, 3.05) is 18.0 Å². The van der Waals surface area contributed by atoms with E-state index in [1.807, 2.05) is 12.1 Å². The van der Waals surface area contributed by atoms with Crippen molar-refractivity contribution in [2.24, 2.45) is 5.41 Å². The molecule has 7 rings (SSSR count). The third-order valence-corrected chi connectivity index (χ3v) is 9.08. The van der Waals surface area contributed by atoms with Crippen molar-refractivity contribution in [1.29, 1.82) is 0 Å². The number of carbonyl (C=O) groups is 1. The fraction of sp³-hybridized carbons (Fsp3) is 0.333. The van der Waals surface area contributed by atoms with Crippen LogP contribution in [0.2, 0.25) is 5.02 Å². The highest BCUT2D eigenvalue weighted by atomic mass is 35.5. The minimum Gasteiger partial charge on any atom is -0.478 e. The number of pyridine rings is 1. The SMILES string of the molecule is O=C(O)c1cc(F)c2nc(N3CCC4(C=C(c5c(-c6ncccc6Cl)noc5C5CC5)C4)CC3)sc2c1. The molecule has 1 saturated heterocycles. The van der Waals surface area contributed by atoms with E-state index in [9.17, 15) is 14.3 Å². The summed E-state index contributed by atoms with van der Waals surface area (Å²) < 4.78 is 20.8. The Balaban J connectivity index is 1.13. The largest absolute Gasteiger partial charge is 0.478 e. The molecule has 10 heteroatoms. The summed E-state index contributed by atoms with van der Waals surface area (Å²) in [5.74, 6) is -0.373. The van der Waals surface area contributed by atoms with E-state index < -0.39 is 11.8 Å². The molecule has 0 unspecified atom stereocenters. The van der Waals surface area contributed by atoms with E-state index >= 15 is 0 Å². The number of hydrogen-bond acceptors (Lipinski definition) is 7. The summed E-state index contributed by atoms with van der Waals surface area (Å²) in [5.41, 5.74) is 3.97. The van der Waals surface area contributed by atoms with Gasteiger partial charge in [0.2, 0.25) is 0 Å². The van der Waals surface area contributed by atoms with Crippen LogP contribution in [0.4, 0.5) is 9.52 Å². The van der Waals surface area contributed by atoms with Crippen molar-refractivity contribution < 1.29 is 18.8 Å². The first-order valence-corrected chi connectivity index (χ1v) is 13.5. The van der Waals surface area contributed by atoms with E-state index in [0.29, 0.717) is 21.3 Å². The van der Waals surface area contributed by atoms with Crippen LogP contribution in [0.5, 0.6) is 0 Å². The minimum absolute atomic E-state index is 0.0596. The lowest BCUT2D eigenvalue weighted by atomic mass is 9.63. The molecule has 0 atom stereocenters. The van der Waals surface area contributed by atoms with E-state index in [1.165, 1.54) is 23.0 Å². The van der Waals surface area contributed by atoms with Crippen molar-refractivity contribution in [3.63, 3.8) is 0 Å². The molecule has 3 aliphatic rings. The van der Waals surface area contributed by atoms with Crippen LogP contribution >= 0.6 is 22.9 Å². The van der Waals surface area contributed by atoms with Gasteiger partial charge >= 0.3 is 5.97 Å². The Bertz CT molecular complexity index is 1600. The zero-order chi connectivity index (χ0) is 25.3. The predicted molar refractivity (Wildman–Crippen MR) is 140 cm³/mol. The normalized spacial score (nSPS) is 18.8. The van der Waals surface area contributed by atoms with Gasteiger partial charge in [-0.25, -0.2) is 14.2 Å². The van der Waals surface area contributed by atoms with Crippen LogP contribution in [0.1, 0.15) is 59.7 Å². The van der Waals surface area contributed by atoms with Gasteiger partial charge in [0.05, 0.1) is 20.8 Å². The molecule has 188 valence electrons. The molecule has 1 N–H and O–H groups in total. The number of nitrogens with zero attached hydrogens (tertiary/aromatic N) is 4. The first kappa shape index (κ1) is 22.9. The number of aromatic nitrogens is 3. The van der Waals surface area contributed by atoms with E-state index in [-0.39, 0.29) is 16.5 Å². The smallest absolute Gasteiger partial charge is 0.335 e. The van der Waals surface area contributed by atoms with Gasteiger partial charge in [-0.3, -0.25) is 4.98 Å². The number of piperidine rings is 1. The van der Waals surface area contributed by atoms with E-state index in [0.717, 1.165) is 73.4 Å². The van der Waals surface area contributed by atoms with Crippen molar-refractivity contribution in [3.05, 3.63) is 64.3 Å². The molecule has 1 aliphatic heterocycles. The molecule has 2 aliphatic carbocycles. The third-order valence-electron chi connectivity index (χ3n) is 7.71. The number of carboxylic acid groups (broad SMARTS) is 1. The Hall–Kier alpha value is -3.30. The highest BCUT2D eigenvalue weighted by molar-refractivity contribution is 7.22. The predicted octanol–water partition coefficient (Wildman–Crippen LogP) is 6.79. The summed E-state index contributed by atoms with van der Waals surface area (Å²) in [5, 5.41) is 14.9. The van der Waals surface area contributed by atoms with Crippen LogP contribution in [-0.2, 0) is 0 Å². The van der Waals surface area contributed by atoms with Crippen LogP contribution in [-0.4, -0.2) is 39.3 Å².